The van der Waals surface area contributed by atoms with Crippen molar-refractivity contribution in [2.24, 2.45) is 0 Å². The predicted molar refractivity (Wildman–Crippen MR) is 105 cm³/mol. The number of carbonyl (C=O) groups is 1. The molecule has 0 aliphatic heterocycles. The second-order valence-corrected chi connectivity index (χ2v) is 6.96. The van der Waals surface area contributed by atoms with Crippen LogP contribution >= 0.6 is 23.2 Å². The molecule has 2 rings (SSSR count). The summed E-state index contributed by atoms with van der Waals surface area (Å²) in [5.41, 5.74) is 0.986. The summed E-state index contributed by atoms with van der Waals surface area (Å²) in [5.74, 6) is 0.0518. The lowest BCUT2D eigenvalue weighted by Gasteiger charge is -2.22. The molecule has 0 fully saturated rings. The second-order valence-electron chi connectivity index (χ2n) is 6.11. The molecule has 0 spiro atoms. The summed E-state index contributed by atoms with van der Waals surface area (Å²) < 4.78 is 5.17. The van der Waals surface area contributed by atoms with Crippen molar-refractivity contribution in [3.05, 3.63) is 62.1 Å². The number of likely N-dealkylation sites (N-methyl/N-ethyl adjacent to an activating group) is 1. The van der Waals surface area contributed by atoms with Crippen LogP contribution in [0.15, 0.2) is 36.4 Å². The zero-order valence-electron chi connectivity index (χ0n) is 15.1. The highest BCUT2D eigenvalue weighted by atomic mass is 35.5. The van der Waals surface area contributed by atoms with E-state index < -0.39 is 11.0 Å². The number of benzene rings is 2. The van der Waals surface area contributed by atoms with Crippen LogP contribution in [0, 0.1) is 10.1 Å². The smallest absolute Gasteiger partial charge is 0.282 e. The van der Waals surface area contributed by atoms with Gasteiger partial charge in [0.15, 0.2) is 6.04 Å². The van der Waals surface area contributed by atoms with E-state index in [0.29, 0.717) is 22.3 Å². The number of nitro benzene ring substituents is 1. The van der Waals surface area contributed by atoms with Crippen LogP contribution in [0.5, 0.6) is 5.75 Å². The van der Waals surface area contributed by atoms with Crippen molar-refractivity contribution in [3.63, 3.8) is 0 Å². The molecule has 9 heteroatoms. The lowest BCUT2D eigenvalue weighted by molar-refractivity contribution is -0.907. The molecule has 0 saturated carbocycles. The van der Waals surface area contributed by atoms with Gasteiger partial charge in [-0.2, -0.15) is 0 Å². The third-order valence-corrected chi connectivity index (χ3v) is 4.86. The van der Waals surface area contributed by atoms with Gasteiger partial charge in [-0.05, 0) is 25.1 Å². The summed E-state index contributed by atoms with van der Waals surface area (Å²) in [6, 6.07) is 8.82. The molecule has 0 heterocycles. The van der Waals surface area contributed by atoms with Crippen molar-refractivity contribution in [2.45, 2.75) is 19.5 Å². The Kier molecular flexibility index (Phi) is 7.01. The largest absolute Gasteiger partial charge is 0.495 e. The Morgan fingerprint density at radius 3 is 2.59 bits per heavy atom. The molecule has 2 aromatic carbocycles. The summed E-state index contributed by atoms with van der Waals surface area (Å²) in [6.07, 6.45) is 0. The minimum atomic E-state index is -0.529. The van der Waals surface area contributed by atoms with E-state index in [9.17, 15) is 14.9 Å². The number of nitrogens with zero attached hydrogens (tertiary/aromatic N) is 1. The van der Waals surface area contributed by atoms with E-state index in [1.807, 2.05) is 13.1 Å². The van der Waals surface area contributed by atoms with Crippen LogP contribution in [0.4, 0.5) is 11.4 Å². The van der Waals surface area contributed by atoms with Crippen molar-refractivity contribution >= 4 is 40.5 Å². The van der Waals surface area contributed by atoms with Crippen LogP contribution in [0.2, 0.25) is 10.0 Å². The molecule has 0 aromatic heterocycles. The Bertz CT molecular complexity index is 860. The summed E-state index contributed by atoms with van der Waals surface area (Å²) in [7, 11) is 3.29. The summed E-state index contributed by atoms with van der Waals surface area (Å²) in [4.78, 5) is 23.9. The fraction of sp³-hybridized carbons (Fsp3) is 0.278. The van der Waals surface area contributed by atoms with Gasteiger partial charge in [-0.1, -0.05) is 29.3 Å². The van der Waals surface area contributed by atoms with Crippen LogP contribution < -0.4 is 15.0 Å². The Labute approximate surface area is 167 Å². The minimum absolute atomic E-state index is 0.132. The van der Waals surface area contributed by atoms with E-state index in [4.69, 9.17) is 27.9 Å². The molecule has 1 amide bonds. The molecular weight excluding hydrogens is 393 g/mol. The molecule has 1 unspecified atom stereocenters. The van der Waals surface area contributed by atoms with E-state index in [2.05, 4.69) is 5.32 Å². The number of hydrogen-bond acceptors (Lipinski definition) is 4. The average Bonchev–Trinajstić information content (AvgIpc) is 2.63. The number of methoxy groups -OCH3 is 1. The maximum Gasteiger partial charge on any atom is 0.282 e. The van der Waals surface area contributed by atoms with Crippen LogP contribution in [0.3, 0.4) is 0 Å². The van der Waals surface area contributed by atoms with E-state index in [0.717, 1.165) is 10.5 Å². The monoisotopic (exact) mass is 412 g/mol. The Morgan fingerprint density at radius 1 is 1.30 bits per heavy atom. The first-order valence-electron chi connectivity index (χ1n) is 8.12. The molecule has 0 aliphatic carbocycles. The van der Waals surface area contributed by atoms with Crippen LogP contribution in [0.25, 0.3) is 0 Å². The zero-order chi connectivity index (χ0) is 20.1. The molecule has 0 aliphatic rings. The number of nitrogens with one attached hydrogen (secondary N) is 2. The number of non-ortho nitro benzene ring substituents is 1. The van der Waals surface area contributed by atoms with E-state index >= 15 is 0 Å². The van der Waals surface area contributed by atoms with Crippen molar-refractivity contribution in [3.8, 4) is 5.75 Å². The maximum atomic E-state index is 12.6. The van der Waals surface area contributed by atoms with Gasteiger partial charge in [-0.25, -0.2) is 0 Å². The van der Waals surface area contributed by atoms with Crippen LogP contribution in [-0.2, 0) is 11.3 Å². The molecule has 0 radical (unpaired) electrons. The minimum Gasteiger partial charge on any atom is -0.495 e. The van der Waals surface area contributed by atoms with Crippen molar-refractivity contribution in [1.82, 2.24) is 0 Å². The highest BCUT2D eigenvalue weighted by molar-refractivity contribution is 6.35. The van der Waals surface area contributed by atoms with E-state index in [1.165, 1.54) is 25.3 Å². The predicted octanol–water partition coefficient (Wildman–Crippen LogP) is 2.95. The normalized spacial score (nSPS) is 12.9. The van der Waals surface area contributed by atoms with Gasteiger partial charge in [-0.15, -0.1) is 0 Å². The lowest BCUT2D eigenvalue weighted by Crippen LogP contribution is -3.12. The maximum absolute atomic E-state index is 12.6. The van der Waals surface area contributed by atoms with Crippen LogP contribution in [-0.4, -0.2) is 31.0 Å². The lowest BCUT2D eigenvalue weighted by atomic mass is 10.1. The highest BCUT2D eigenvalue weighted by Gasteiger charge is 2.24. The number of carbonyl (C=O) groups excluding carboxylic acids is 1. The fourth-order valence-electron chi connectivity index (χ4n) is 2.49. The average molecular weight is 413 g/mol. The fourth-order valence-corrected chi connectivity index (χ4v) is 2.97. The molecule has 2 aromatic rings. The molecule has 7 nitrogen and oxygen atoms in total. The highest BCUT2D eigenvalue weighted by Crippen LogP contribution is 2.28. The van der Waals surface area contributed by atoms with Gasteiger partial charge < -0.3 is 15.0 Å². The number of amides is 1. The molecule has 2 N–H and O–H groups in total. The SMILES string of the molecule is COc1ccc([N+](=O)[O-])cc1NC(=O)[C@H](C)[NH+](C)Cc1ccc(Cl)cc1Cl. The van der Waals surface area contributed by atoms with Crippen molar-refractivity contribution in [2.75, 3.05) is 19.5 Å². The van der Waals surface area contributed by atoms with Gasteiger partial charge in [0.2, 0.25) is 0 Å². The first-order chi connectivity index (χ1) is 12.7. The number of rotatable bonds is 7. The van der Waals surface area contributed by atoms with E-state index in [1.54, 1.807) is 19.1 Å². The summed E-state index contributed by atoms with van der Waals surface area (Å²) in [5, 5.41) is 14.8. The van der Waals surface area contributed by atoms with Crippen LogP contribution in [0.1, 0.15) is 12.5 Å². The molecule has 144 valence electrons. The quantitative estimate of drug-likeness (QED) is 0.540. The molecule has 0 bridgehead atoms. The number of quaternary nitrogens is 1. The Hall–Kier alpha value is -2.35. The number of hydrogen-bond donors (Lipinski definition) is 2. The summed E-state index contributed by atoms with van der Waals surface area (Å²) >= 11 is 12.1. The topological polar surface area (TPSA) is 85.9 Å². The van der Waals surface area contributed by atoms with Crippen molar-refractivity contribution < 1.29 is 19.4 Å². The number of halogens is 2. The van der Waals surface area contributed by atoms with Gasteiger partial charge in [0, 0.05) is 22.7 Å². The molecule has 0 saturated heterocycles. The Balaban J connectivity index is 2.12. The van der Waals surface area contributed by atoms with Gasteiger partial charge in [-0.3, -0.25) is 14.9 Å². The van der Waals surface area contributed by atoms with Gasteiger partial charge in [0.05, 0.1) is 29.8 Å². The summed E-state index contributed by atoms with van der Waals surface area (Å²) in [6.45, 7) is 2.27. The van der Waals surface area contributed by atoms with Gasteiger partial charge in [0.1, 0.15) is 12.3 Å². The first kappa shape index (κ1) is 21.0. The number of anilines is 1. The molecule has 2 atom stereocenters. The molecule has 27 heavy (non-hydrogen) atoms. The third-order valence-electron chi connectivity index (χ3n) is 4.27. The van der Waals surface area contributed by atoms with E-state index in [-0.39, 0.29) is 17.3 Å². The second kappa shape index (κ2) is 9.03. The Morgan fingerprint density at radius 2 is 2.00 bits per heavy atom. The van der Waals surface area contributed by atoms with Gasteiger partial charge in [0.25, 0.3) is 11.6 Å². The molecular formula is C18H20Cl2N3O4+. The van der Waals surface area contributed by atoms with Gasteiger partial charge >= 0.3 is 0 Å². The van der Waals surface area contributed by atoms with Crippen molar-refractivity contribution in [1.29, 1.82) is 0 Å². The number of nitro groups is 1. The standard InChI is InChI=1S/C18H19Cl2N3O4/c1-11(22(2)10-12-4-5-13(19)8-15(12)20)18(24)21-16-9-14(23(25)26)6-7-17(16)27-3/h4-9,11H,10H2,1-3H3,(H,21,24)/p+1/t11-/m0/s1. The number of ether oxygens (including phenoxy) is 1. The zero-order valence-corrected chi connectivity index (χ0v) is 16.6. The third kappa shape index (κ3) is 5.32. The first-order valence-corrected chi connectivity index (χ1v) is 8.88.